The highest BCUT2D eigenvalue weighted by atomic mass is 16.5. The maximum absolute atomic E-state index is 12.8. The first kappa shape index (κ1) is 13.5. The van der Waals surface area contributed by atoms with Crippen molar-refractivity contribution in [2.24, 2.45) is 7.05 Å². The molecule has 1 aliphatic heterocycles. The van der Waals surface area contributed by atoms with Crippen LogP contribution in [0.3, 0.4) is 0 Å². The molecule has 0 saturated carbocycles. The van der Waals surface area contributed by atoms with Crippen molar-refractivity contribution in [2.45, 2.75) is 6.67 Å². The molecule has 0 aliphatic carbocycles. The Morgan fingerprint density at radius 3 is 2.77 bits per heavy atom. The van der Waals surface area contributed by atoms with E-state index in [4.69, 9.17) is 4.74 Å². The lowest BCUT2D eigenvalue weighted by Gasteiger charge is -2.26. The molecule has 1 fully saturated rings. The van der Waals surface area contributed by atoms with Crippen molar-refractivity contribution in [1.29, 1.82) is 0 Å². The molecule has 0 radical (unpaired) electrons. The van der Waals surface area contributed by atoms with Gasteiger partial charge in [-0.15, -0.1) is 0 Å². The van der Waals surface area contributed by atoms with E-state index in [1.807, 2.05) is 35.9 Å². The lowest BCUT2D eigenvalue weighted by Crippen LogP contribution is -2.40. The van der Waals surface area contributed by atoms with Crippen molar-refractivity contribution in [3.8, 4) is 0 Å². The van der Waals surface area contributed by atoms with E-state index in [0.29, 0.717) is 25.4 Å². The van der Waals surface area contributed by atoms with Crippen molar-refractivity contribution in [2.75, 3.05) is 26.3 Å². The molecular weight excluding hydrogens is 280 g/mol. The summed E-state index contributed by atoms with van der Waals surface area (Å²) in [5.74, 6) is 0. The summed E-state index contributed by atoms with van der Waals surface area (Å²) in [5.41, 5.74) is 1.73. The smallest absolute Gasteiger partial charge is 0.292 e. The Morgan fingerprint density at radius 1 is 1.18 bits per heavy atom. The Labute approximate surface area is 127 Å². The SMILES string of the molecule is Cn1c2ccccc2c2cnn(CN3CCOCC3)c(=O)c21. The van der Waals surface area contributed by atoms with Gasteiger partial charge in [-0.2, -0.15) is 5.10 Å². The number of fused-ring (bicyclic) bond motifs is 3. The Bertz CT molecular complexity index is 890. The van der Waals surface area contributed by atoms with E-state index in [2.05, 4.69) is 10.00 Å². The average Bonchev–Trinajstić information content (AvgIpc) is 2.85. The molecule has 0 spiro atoms. The number of hydrogen-bond donors (Lipinski definition) is 0. The molecule has 0 bridgehead atoms. The van der Waals surface area contributed by atoms with Gasteiger partial charge in [-0.1, -0.05) is 18.2 Å². The number of para-hydroxylation sites is 1. The molecule has 114 valence electrons. The van der Waals surface area contributed by atoms with Crippen LogP contribution in [0.15, 0.2) is 35.3 Å². The minimum atomic E-state index is -0.0392. The predicted octanol–water partition coefficient (Wildman–Crippen LogP) is 1.18. The average molecular weight is 298 g/mol. The van der Waals surface area contributed by atoms with E-state index < -0.39 is 0 Å². The first-order chi connectivity index (χ1) is 10.8. The van der Waals surface area contributed by atoms with Crippen LogP contribution in [-0.2, 0) is 18.5 Å². The van der Waals surface area contributed by atoms with Crippen LogP contribution in [0.25, 0.3) is 21.8 Å². The summed E-state index contributed by atoms with van der Waals surface area (Å²) in [7, 11) is 1.94. The highest BCUT2D eigenvalue weighted by molar-refractivity contribution is 6.07. The van der Waals surface area contributed by atoms with Crippen LogP contribution in [0.1, 0.15) is 0 Å². The maximum Gasteiger partial charge on any atom is 0.292 e. The van der Waals surface area contributed by atoms with Gasteiger partial charge in [-0.25, -0.2) is 4.68 Å². The lowest BCUT2D eigenvalue weighted by atomic mass is 10.2. The Kier molecular flexibility index (Phi) is 3.20. The zero-order valence-electron chi connectivity index (χ0n) is 12.5. The minimum absolute atomic E-state index is 0.0392. The molecular formula is C16H18N4O2. The summed E-state index contributed by atoms with van der Waals surface area (Å²) >= 11 is 0. The molecule has 4 rings (SSSR count). The summed E-state index contributed by atoms with van der Waals surface area (Å²) < 4.78 is 8.85. The topological polar surface area (TPSA) is 52.3 Å². The van der Waals surface area contributed by atoms with Crippen molar-refractivity contribution in [3.05, 3.63) is 40.8 Å². The summed E-state index contributed by atoms with van der Waals surface area (Å²) in [6.07, 6.45) is 1.81. The van der Waals surface area contributed by atoms with Gasteiger partial charge in [0, 0.05) is 36.4 Å². The summed E-state index contributed by atoms with van der Waals surface area (Å²) in [6, 6.07) is 8.04. The number of morpholine rings is 1. The van der Waals surface area contributed by atoms with E-state index in [1.165, 1.54) is 0 Å². The third-order valence-corrected chi connectivity index (χ3v) is 4.35. The summed E-state index contributed by atoms with van der Waals surface area (Å²) in [4.78, 5) is 15.0. The third kappa shape index (κ3) is 2.03. The fourth-order valence-corrected chi connectivity index (χ4v) is 3.15. The van der Waals surface area contributed by atoms with Crippen LogP contribution in [0.4, 0.5) is 0 Å². The molecule has 3 aromatic rings. The Morgan fingerprint density at radius 2 is 1.95 bits per heavy atom. The molecule has 1 aliphatic rings. The van der Waals surface area contributed by atoms with Gasteiger partial charge in [0.25, 0.3) is 5.56 Å². The number of nitrogens with zero attached hydrogens (tertiary/aromatic N) is 4. The highest BCUT2D eigenvalue weighted by Gasteiger charge is 2.16. The number of hydrogen-bond acceptors (Lipinski definition) is 4. The zero-order chi connectivity index (χ0) is 15.1. The molecule has 0 atom stereocenters. The largest absolute Gasteiger partial charge is 0.379 e. The zero-order valence-corrected chi connectivity index (χ0v) is 12.5. The van der Waals surface area contributed by atoms with Crippen LogP contribution in [-0.4, -0.2) is 45.6 Å². The van der Waals surface area contributed by atoms with E-state index in [-0.39, 0.29) is 5.56 Å². The van der Waals surface area contributed by atoms with E-state index in [1.54, 1.807) is 10.9 Å². The minimum Gasteiger partial charge on any atom is -0.379 e. The fourth-order valence-electron chi connectivity index (χ4n) is 3.15. The fraction of sp³-hybridized carbons (Fsp3) is 0.375. The summed E-state index contributed by atoms with van der Waals surface area (Å²) in [5, 5.41) is 6.36. The van der Waals surface area contributed by atoms with Gasteiger partial charge in [0.1, 0.15) is 5.52 Å². The van der Waals surface area contributed by atoms with E-state index in [9.17, 15) is 4.79 Å². The number of ether oxygens (including phenoxy) is 1. The molecule has 1 aromatic carbocycles. The normalized spacial score (nSPS) is 16.6. The van der Waals surface area contributed by atoms with Gasteiger partial charge in [-0.05, 0) is 6.07 Å². The molecule has 22 heavy (non-hydrogen) atoms. The monoisotopic (exact) mass is 298 g/mol. The van der Waals surface area contributed by atoms with E-state index in [0.717, 1.165) is 29.4 Å². The predicted molar refractivity (Wildman–Crippen MR) is 84.9 cm³/mol. The number of aryl methyl sites for hydroxylation is 1. The third-order valence-electron chi connectivity index (χ3n) is 4.35. The quantitative estimate of drug-likeness (QED) is 0.713. The number of aromatic nitrogens is 3. The first-order valence-electron chi connectivity index (χ1n) is 7.49. The second kappa shape index (κ2) is 5.23. The van der Waals surface area contributed by atoms with Crippen LogP contribution in [0.5, 0.6) is 0 Å². The molecule has 0 N–H and O–H groups in total. The molecule has 2 aromatic heterocycles. The first-order valence-corrected chi connectivity index (χ1v) is 7.49. The van der Waals surface area contributed by atoms with Crippen molar-refractivity contribution in [3.63, 3.8) is 0 Å². The Balaban J connectivity index is 1.84. The van der Waals surface area contributed by atoms with Gasteiger partial charge >= 0.3 is 0 Å². The van der Waals surface area contributed by atoms with Gasteiger partial charge in [0.2, 0.25) is 0 Å². The highest BCUT2D eigenvalue weighted by Crippen LogP contribution is 2.24. The van der Waals surface area contributed by atoms with Crippen LogP contribution < -0.4 is 5.56 Å². The van der Waals surface area contributed by atoms with Crippen LogP contribution in [0.2, 0.25) is 0 Å². The van der Waals surface area contributed by atoms with Gasteiger partial charge in [0.15, 0.2) is 0 Å². The number of rotatable bonds is 2. The lowest BCUT2D eigenvalue weighted by molar-refractivity contribution is 0.0205. The van der Waals surface area contributed by atoms with Crippen LogP contribution >= 0.6 is 0 Å². The summed E-state index contributed by atoms with van der Waals surface area (Å²) in [6.45, 7) is 3.61. The molecule has 0 amide bonds. The number of benzene rings is 1. The second-order valence-electron chi connectivity index (χ2n) is 5.66. The molecule has 6 nitrogen and oxygen atoms in total. The van der Waals surface area contributed by atoms with Gasteiger partial charge < -0.3 is 9.30 Å². The molecule has 0 unspecified atom stereocenters. The standard InChI is InChI=1S/C16H18N4O2/c1-18-14-5-3-2-4-12(14)13-10-17-20(16(21)15(13)18)11-19-6-8-22-9-7-19/h2-5,10H,6-9,11H2,1H3. The Hall–Kier alpha value is -2.18. The molecule has 6 heteroatoms. The van der Waals surface area contributed by atoms with Gasteiger partial charge in [0.05, 0.1) is 26.1 Å². The maximum atomic E-state index is 12.8. The molecule has 3 heterocycles. The van der Waals surface area contributed by atoms with Crippen LogP contribution in [0, 0.1) is 0 Å². The van der Waals surface area contributed by atoms with E-state index >= 15 is 0 Å². The van der Waals surface area contributed by atoms with Gasteiger partial charge in [-0.3, -0.25) is 9.69 Å². The van der Waals surface area contributed by atoms with Crippen molar-refractivity contribution < 1.29 is 4.74 Å². The molecule has 1 saturated heterocycles. The van der Waals surface area contributed by atoms with Crippen molar-refractivity contribution >= 4 is 21.8 Å². The van der Waals surface area contributed by atoms with Crippen molar-refractivity contribution in [1.82, 2.24) is 19.2 Å². The second-order valence-corrected chi connectivity index (χ2v) is 5.66.